The van der Waals surface area contributed by atoms with Crippen molar-refractivity contribution in [2.24, 2.45) is 0 Å². The Hall–Kier alpha value is -2.56. The fourth-order valence-electron chi connectivity index (χ4n) is 4.38. The first-order chi connectivity index (χ1) is 14.4. The Kier molecular flexibility index (Phi) is 4.72. The van der Waals surface area contributed by atoms with Gasteiger partial charge in [-0.05, 0) is 56.0 Å². The van der Waals surface area contributed by atoms with Crippen molar-refractivity contribution in [3.8, 4) is 11.1 Å². The molecular formula is C26H26FNO2. The first kappa shape index (κ1) is 19.4. The largest absolute Gasteiger partial charge is 0.350 e. The normalized spacial score (nSPS) is 21.0. The maximum Gasteiger partial charge on any atom is 0.163 e. The van der Waals surface area contributed by atoms with Crippen molar-refractivity contribution in [3.63, 3.8) is 0 Å². The molecule has 1 aromatic heterocycles. The Balaban J connectivity index is 1.75. The molecule has 2 aliphatic rings. The quantitative estimate of drug-likeness (QED) is 0.500. The molecule has 4 heteroatoms. The molecule has 0 unspecified atom stereocenters. The van der Waals surface area contributed by atoms with Crippen molar-refractivity contribution in [3.05, 3.63) is 72.2 Å². The summed E-state index contributed by atoms with van der Waals surface area (Å²) < 4.78 is 25.7. The van der Waals surface area contributed by atoms with E-state index in [0.717, 1.165) is 58.1 Å². The van der Waals surface area contributed by atoms with Crippen LogP contribution in [0.2, 0.25) is 0 Å². The maximum absolute atomic E-state index is 13.7. The van der Waals surface area contributed by atoms with E-state index in [1.807, 2.05) is 38.1 Å². The Labute approximate surface area is 176 Å². The molecule has 0 spiro atoms. The van der Waals surface area contributed by atoms with Gasteiger partial charge in [-0.25, -0.2) is 4.39 Å². The van der Waals surface area contributed by atoms with Gasteiger partial charge in [0.2, 0.25) is 0 Å². The molecule has 2 fully saturated rings. The van der Waals surface area contributed by atoms with Gasteiger partial charge in [-0.2, -0.15) is 0 Å². The second kappa shape index (κ2) is 7.29. The predicted molar refractivity (Wildman–Crippen MR) is 118 cm³/mol. The van der Waals surface area contributed by atoms with Crippen molar-refractivity contribution < 1.29 is 13.9 Å². The highest BCUT2D eigenvalue weighted by molar-refractivity contribution is 6.01. The molecule has 1 saturated carbocycles. The van der Waals surface area contributed by atoms with E-state index in [0.29, 0.717) is 12.5 Å². The van der Waals surface area contributed by atoms with Gasteiger partial charge in [-0.15, -0.1) is 0 Å². The summed E-state index contributed by atoms with van der Waals surface area (Å²) >= 11 is 0. The molecule has 154 valence electrons. The molecule has 1 atom stereocenters. The molecule has 30 heavy (non-hydrogen) atoms. The van der Waals surface area contributed by atoms with Crippen LogP contribution in [0.15, 0.2) is 55.1 Å². The molecule has 2 heterocycles. The van der Waals surface area contributed by atoms with Crippen LogP contribution in [0.4, 0.5) is 4.39 Å². The molecule has 0 N–H and O–H groups in total. The van der Waals surface area contributed by atoms with Crippen LogP contribution in [-0.4, -0.2) is 23.5 Å². The van der Waals surface area contributed by atoms with Gasteiger partial charge in [0.15, 0.2) is 5.79 Å². The smallest absolute Gasteiger partial charge is 0.163 e. The van der Waals surface area contributed by atoms with Crippen LogP contribution in [0.25, 0.3) is 27.6 Å². The summed E-state index contributed by atoms with van der Waals surface area (Å²) in [6.07, 6.45) is 2.87. The number of aromatic nitrogens is 1. The minimum atomic E-state index is -0.647. The topological polar surface area (TPSA) is 31.4 Å². The highest BCUT2D eigenvalue weighted by Gasteiger charge is 2.36. The van der Waals surface area contributed by atoms with Crippen LogP contribution in [-0.2, 0) is 9.47 Å². The third-order valence-corrected chi connectivity index (χ3v) is 5.98. The fraction of sp³-hybridized carbons (Fsp3) is 0.346. The lowest BCUT2D eigenvalue weighted by molar-refractivity contribution is -0.260. The lowest BCUT2D eigenvalue weighted by Gasteiger charge is -2.37. The van der Waals surface area contributed by atoms with Crippen LogP contribution in [0.5, 0.6) is 0 Å². The zero-order valence-corrected chi connectivity index (χ0v) is 17.5. The molecule has 0 radical (unpaired) electrons. The Morgan fingerprint density at radius 3 is 2.50 bits per heavy atom. The Morgan fingerprint density at radius 1 is 1.07 bits per heavy atom. The maximum atomic E-state index is 13.7. The van der Waals surface area contributed by atoms with E-state index in [-0.39, 0.29) is 11.9 Å². The Bertz CT molecular complexity index is 1120. The Morgan fingerprint density at radius 2 is 1.80 bits per heavy atom. The van der Waals surface area contributed by atoms with Gasteiger partial charge in [0, 0.05) is 28.9 Å². The van der Waals surface area contributed by atoms with Crippen LogP contribution in [0.3, 0.4) is 0 Å². The van der Waals surface area contributed by atoms with E-state index in [1.54, 1.807) is 0 Å². The molecule has 1 aliphatic carbocycles. The van der Waals surface area contributed by atoms with Crippen molar-refractivity contribution >= 4 is 16.5 Å². The average Bonchev–Trinajstić information content (AvgIpc) is 3.57. The van der Waals surface area contributed by atoms with E-state index in [4.69, 9.17) is 14.5 Å². The summed E-state index contributed by atoms with van der Waals surface area (Å²) in [5, 5.41) is 1.05. The number of hydrogen-bond donors (Lipinski definition) is 0. The second-order valence-electron chi connectivity index (χ2n) is 8.71. The molecule has 1 aliphatic heterocycles. The third kappa shape index (κ3) is 3.55. The minimum Gasteiger partial charge on any atom is -0.350 e. The number of hydrogen-bond acceptors (Lipinski definition) is 3. The first-order valence-electron chi connectivity index (χ1n) is 10.6. The number of benzene rings is 2. The molecule has 5 rings (SSSR count). The van der Waals surface area contributed by atoms with Crippen molar-refractivity contribution in [2.75, 3.05) is 6.61 Å². The van der Waals surface area contributed by atoms with Crippen LogP contribution < -0.4 is 0 Å². The number of fused-ring (bicyclic) bond motifs is 1. The number of rotatable bonds is 4. The van der Waals surface area contributed by atoms with Crippen molar-refractivity contribution in [1.82, 2.24) is 4.98 Å². The zero-order valence-electron chi connectivity index (χ0n) is 17.5. The van der Waals surface area contributed by atoms with Gasteiger partial charge in [0.1, 0.15) is 5.82 Å². The third-order valence-electron chi connectivity index (χ3n) is 5.98. The molecule has 0 bridgehead atoms. The molecule has 1 saturated heterocycles. The van der Waals surface area contributed by atoms with E-state index in [9.17, 15) is 4.39 Å². The number of ether oxygens (including phenoxy) is 2. The molecule has 0 amide bonds. The van der Waals surface area contributed by atoms with Gasteiger partial charge < -0.3 is 9.47 Å². The van der Waals surface area contributed by atoms with Crippen molar-refractivity contribution in [1.29, 1.82) is 0 Å². The molecule has 3 nitrogen and oxygen atoms in total. The zero-order chi connectivity index (χ0) is 20.9. The standard InChI is InChI=1S/C26H26FNO2/c1-16(22-14-15-29-26(2,3)30-22)23-24(17-10-12-19(27)13-11-17)20-6-4-5-7-21(20)28-25(23)18-8-9-18/h4-7,10-13,18,22H,1,8-9,14-15H2,2-3H3/t22-/m0/s1. The lowest BCUT2D eigenvalue weighted by atomic mass is 9.86. The SMILES string of the molecule is C=C(c1c(C2CC2)nc2ccccc2c1-c1ccc(F)cc1)[C@@H]1CCOC(C)(C)O1. The summed E-state index contributed by atoms with van der Waals surface area (Å²) in [5.74, 6) is -0.450. The van der Waals surface area contributed by atoms with Gasteiger partial charge in [-0.1, -0.05) is 36.9 Å². The molecule has 3 aromatic rings. The highest BCUT2D eigenvalue weighted by Crippen LogP contribution is 2.48. The van der Waals surface area contributed by atoms with Crippen LogP contribution in [0.1, 0.15) is 50.3 Å². The van der Waals surface area contributed by atoms with Gasteiger partial charge in [-0.3, -0.25) is 4.98 Å². The monoisotopic (exact) mass is 403 g/mol. The predicted octanol–water partition coefficient (Wildman–Crippen LogP) is 6.47. The van der Waals surface area contributed by atoms with Crippen LogP contribution >= 0.6 is 0 Å². The summed E-state index contributed by atoms with van der Waals surface area (Å²) in [6, 6.07) is 14.9. The van der Waals surface area contributed by atoms with Gasteiger partial charge in [0.05, 0.1) is 23.9 Å². The number of halogens is 1. The van der Waals surface area contributed by atoms with Crippen LogP contribution in [0, 0.1) is 5.82 Å². The number of para-hydroxylation sites is 1. The van der Waals surface area contributed by atoms with E-state index in [2.05, 4.69) is 18.7 Å². The van der Waals surface area contributed by atoms with E-state index in [1.165, 1.54) is 12.1 Å². The summed E-state index contributed by atoms with van der Waals surface area (Å²) in [4.78, 5) is 5.07. The van der Waals surface area contributed by atoms with E-state index >= 15 is 0 Å². The van der Waals surface area contributed by atoms with E-state index < -0.39 is 5.79 Å². The first-order valence-corrected chi connectivity index (χ1v) is 10.6. The molecular weight excluding hydrogens is 377 g/mol. The summed E-state index contributed by atoms with van der Waals surface area (Å²) in [5.41, 5.74) is 6.09. The average molecular weight is 403 g/mol. The van der Waals surface area contributed by atoms with Crippen molar-refractivity contribution in [2.45, 2.75) is 50.9 Å². The van der Waals surface area contributed by atoms with Gasteiger partial charge >= 0.3 is 0 Å². The molecule has 2 aromatic carbocycles. The summed E-state index contributed by atoms with van der Waals surface area (Å²) in [6.45, 7) is 9.00. The highest BCUT2D eigenvalue weighted by atomic mass is 19.1. The fourth-order valence-corrected chi connectivity index (χ4v) is 4.38. The lowest BCUT2D eigenvalue weighted by Crippen LogP contribution is -2.40. The minimum absolute atomic E-state index is 0.145. The van der Waals surface area contributed by atoms with Gasteiger partial charge in [0.25, 0.3) is 0 Å². The summed E-state index contributed by atoms with van der Waals surface area (Å²) in [7, 11) is 0. The number of nitrogens with zero attached hydrogens (tertiary/aromatic N) is 1. The number of pyridine rings is 1. The second-order valence-corrected chi connectivity index (χ2v) is 8.71.